The van der Waals surface area contributed by atoms with E-state index in [1.807, 2.05) is 6.79 Å². The van der Waals surface area contributed by atoms with E-state index >= 15 is 0 Å². The molecule has 0 rings (SSSR count). The summed E-state index contributed by atoms with van der Waals surface area (Å²) in [5.74, 6) is 4.42. The van der Waals surface area contributed by atoms with Crippen molar-refractivity contribution in [2.24, 2.45) is 22.4 Å². The van der Waals surface area contributed by atoms with Crippen LogP contribution in [0.2, 0.25) is 0 Å². The molecule has 0 saturated heterocycles. The van der Waals surface area contributed by atoms with Crippen molar-refractivity contribution in [3.63, 3.8) is 0 Å². The summed E-state index contributed by atoms with van der Waals surface area (Å²) in [5, 5.41) is 2.86. The van der Waals surface area contributed by atoms with Gasteiger partial charge in [-0.05, 0) is 0 Å². The molecule has 5 heteroatoms. The Balaban J connectivity index is 0. The van der Waals surface area contributed by atoms with E-state index in [9.17, 15) is 0 Å². The Morgan fingerprint density at radius 2 is 1.57 bits per heavy atom. The minimum absolute atomic E-state index is 0.0926. The fourth-order valence-electron chi connectivity index (χ4n) is 0. The first kappa shape index (κ1) is 9.22. The van der Waals surface area contributed by atoms with Gasteiger partial charge in [0, 0.05) is 0 Å². The summed E-state index contributed by atoms with van der Waals surface area (Å²) in [4.78, 5) is 8.00. The summed E-state index contributed by atoms with van der Waals surface area (Å²) in [6, 6.07) is 0. The van der Waals surface area contributed by atoms with Crippen LogP contribution in [0.1, 0.15) is 0 Å². The summed E-state index contributed by atoms with van der Waals surface area (Å²) in [6.07, 6.45) is 0. The molecule has 42 valence electrons. The highest BCUT2D eigenvalue weighted by Gasteiger charge is 1.62. The van der Waals surface area contributed by atoms with Crippen LogP contribution in [0.4, 0.5) is 0 Å². The van der Waals surface area contributed by atoms with E-state index in [0.717, 1.165) is 0 Å². The first-order valence-electron chi connectivity index (χ1n) is 1.35. The molecule has 0 saturated carbocycles. The molecule has 0 fully saturated rings. The van der Waals surface area contributed by atoms with Crippen LogP contribution in [0.25, 0.3) is 0 Å². The SMILES string of the molecule is C=O.NN=C(N)N. The Hall–Kier alpha value is -1.26. The van der Waals surface area contributed by atoms with Crippen LogP contribution in [0.3, 0.4) is 0 Å². The fraction of sp³-hybridized carbons (Fsp3) is 0. The lowest BCUT2D eigenvalue weighted by Crippen LogP contribution is -2.23. The van der Waals surface area contributed by atoms with E-state index in [1.165, 1.54) is 0 Å². The number of guanidine groups is 1. The number of carbonyl (C=O) groups excluding carboxylic acids is 1. The van der Waals surface area contributed by atoms with Crippen molar-refractivity contribution >= 4 is 12.7 Å². The molecule has 5 nitrogen and oxygen atoms in total. The number of hydrogen-bond donors (Lipinski definition) is 3. The normalized spacial score (nSPS) is 5.14. The van der Waals surface area contributed by atoms with Crippen LogP contribution in [0.15, 0.2) is 5.10 Å². The predicted octanol–water partition coefficient (Wildman–Crippen LogP) is -2.05. The van der Waals surface area contributed by atoms with Crippen LogP contribution in [-0.2, 0) is 4.79 Å². The van der Waals surface area contributed by atoms with Crippen molar-refractivity contribution in [2.75, 3.05) is 0 Å². The summed E-state index contributed by atoms with van der Waals surface area (Å²) < 4.78 is 0. The third-order valence-corrected chi connectivity index (χ3v) is 0.149. The van der Waals surface area contributed by atoms with Gasteiger partial charge in [-0.3, -0.25) is 0 Å². The topological polar surface area (TPSA) is 107 Å². The zero-order valence-corrected chi connectivity index (χ0v) is 3.79. The second-order valence-corrected chi connectivity index (χ2v) is 0.554. The molecule has 0 aliphatic rings. The van der Waals surface area contributed by atoms with E-state index in [-0.39, 0.29) is 5.96 Å². The molecule has 0 bridgehead atoms. The molecule has 0 aromatic carbocycles. The molecule has 7 heavy (non-hydrogen) atoms. The van der Waals surface area contributed by atoms with Gasteiger partial charge in [-0.25, -0.2) is 0 Å². The van der Waals surface area contributed by atoms with Gasteiger partial charge < -0.3 is 22.1 Å². The highest BCUT2D eigenvalue weighted by atomic mass is 16.1. The maximum atomic E-state index is 8.00. The molecule has 0 aromatic heterocycles. The van der Waals surface area contributed by atoms with Gasteiger partial charge in [-0.2, -0.15) is 0 Å². The van der Waals surface area contributed by atoms with Gasteiger partial charge in [0.2, 0.25) is 5.96 Å². The van der Waals surface area contributed by atoms with E-state index in [2.05, 4.69) is 10.9 Å². The summed E-state index contributed by atoms with van der Waals surface area (Å²) in [7, 11) is 0. The first-order valence-corrected chi connectivity index (χ1v) is 1.35. The van der Waals surface area contributed by atoms with Crippen LogP contribution < -0.4 is 17.3 Å². The molecule has 0 aliphatic heterocycles. The van der Waals surface area contributed by atoms with Crippen LogP contribution in [0.5, 0.6) is 0 Å². The highest BCUT2D eigenvalue weighted by Crippen LogP contribution is 1.31. The largest absolute Gasteiger partial charge is 0.369 e. The second kappa shape index (κ2) is 8.83. The fourth-order valence-corrected chi connectivity index (χ4v) is 0. The molecular formula is C2H8N4O. The van der Waals surface area contributed by atoms with E-state index in [4.69, 9.17) is 16.3 Å². The van der Waals surface area contributed by atoms with Gasteiger partial charge in [0.05, 0.1) is 0 Å². The van der Waals surface area contributed by atoms with Crippen molar-refractivity contribution in [1.29, 1.82) is 0 Å². The highest BCUT2D eigenvalue weighted by molar-refractivity contribution is 5.75. The lowest BCUT2D eigenvalue weighted by molar-refractivity contribution is -0.0979. The molecule has 0 amide bonds. The Labute approximate surface area is 41.2 Å². The third-order valence-electron chi connectivity index (χ3n) is 0.149. The molecule has 0 atom stereocenters. The molecule has 6 N–H and O–H groups in total. The van der Waals surface area contributed by atoms with Gasteiger partial charge in [0.25, 0.3) is 0 Å². The minimum Gasteiger partial charge on any atom is -0.369 e. The van der Waals surface area contributed by atoms with Gasteiger partial charge in [0.15, 0.2) is 0 Å². The predicted molar refractivity (Wildman–Crippen MR) is 27.1 cm³/mol. The van der Waals surface area contributed by atoms with E-state index in [1.54, 1.807) is 0 Å². The number of hydrazone groups is 1. The van der Waals surface area contributed by atoms with Crippen molar-refractivity contribution in [3.8, 4) is 0 Å². The first-order chi connectivity index (χ1) is 3.27. The number of rotatable bonds is 0. The average Bonchev–Trinajstić information content (AvgIpc) is 1.73. The van der Waals surface area contributed by atoms with Gasteiger partial charge in [0.1, 0.15) is 6.79 Å². The molecule has 0 aliphatic carbocycles. The van der Waals surface area contributed by atoms with Crippen molar-refractivity contribution in [3.05, 3.63) is 0 Å². The zero-order valence-electron chi connectivity index (χ0n) is 3.79. The molecule has 0 heterocycles. The average molecular weight is 104 g/mol. The maximum absolute atomic E-state index is 8.00. The summed E-state index contributed by atoms with van der Waals surface area (Å²) in [5.41, 5.74) is 9.39. The van der Waals surface area contributed by atoms with Crippen molar-refractivity contribution in [2.45, 2.75) is 0 Å². The smallest absolute Gasteiger partial charge is 0.208 e. The van der Waals surface area contributed by atoms with Gasteiger partial charge >= 0.3 is 0 Å². The summed E-state index contributed by atoms with van der Waals surface area (Å²) in [6.45, 7) is 2.00. The van der Waals surface area contributed by atoms with Crippen molar-refractivity contribution < 1.29 is 4.79 Å². The standard InChI is InChI=1S/CH6N4.CH2O/c2-1(3)5-4;1-2/h4H2,(H4,2,3,5);1H2. The molecule has 0 spiro atoms. The number of nitrogens with zero attached hydrogens (tertiary/aromatic N) is 1. The lowest BCUT2D eigenvalue weighted by Gasteiger charge is -1.76. The van der Waals surface area contributed by atoms with Gasteiger partial charge in [-0.15, -0.1) is 5.10 Å². The number of hydrogen-bond acceptors (Lipinski definition) is 3. The molecule has 0 aromatic rings. The Morgan fingerprint density at radius 1 is 1.43 bits per heavy atom. The third kappa shape index (κ3) is 65.0. The summed E-state index contributed by atoms with van der Waals surface area (Å²) >= 11 is 0. The van der Waals surface area contributed by atoms with E-state index in [0.29, 0.717) is 0 Å². The number of carbonyl (C=O) groups is 1. The zero-order chi connectivity index (χ0) is 6.28. The molecule has 0 unspecified atom stereocenters. The van der Waals surface area contributed by atoms with Crippen LogP contribution in [0, 0.1) is 0 Å². The quantitative estimate of drug-likeness (QED) is 0.142. The lowest BCUT2D eigenvalue weighted by atomic mass is 11.1. The Bertz CT molecular complexity index is 56.7. The van der Waals surface area contributed by atoms with Crippen LogP contribution in [-0.4, -0.2) is 12.7 Å². The maximum Gasteiger partial charge on any atom is 0.208 e. The second-order valence-electron chi connectivity index (χ2n) is 0.554. The van der Waals surface area contributed by atoms with E-state index < -0.39 is 0 Å². The monoisotopic (exact) mass is 104 g/mol. The molecular weight excluding hydrogens is 96.0 g/mol. The minimum atomic E-state index is -0.0926. The Morgan fingerprint density at radius 3 is 1.57 bits per heavy atom. The molecule has 0 radical (unpaired) electrons. The van der Waals surface area contributed by atoms with Crippen molar-refractivity contribution in [1.82, 2.24) is 0 Å². The van der Waals surface area contributed by atoms with Crippen LogP contribution >= 0.6 is 0 Å². The Kier molecular flexibility index (Phi) is 11.6. The number of nitrogens with two attached hydrogens (primary N) is 3. The van der Waals surface area contributed by atoms with Gasteiger partial charge in [-0.1, -0.05) is 0 Å².